The Labute approximate surface area is 181 Å². The summed E-state index contributed by atoms with van der Waals surface area (Å²) < 4.78 is 5.91. The third-order valence-corrected chi connectivity index (χ3v) is 5.51. The third-order valence-electron chi connectivity index (χ3n) is 4.92. The van der Waals surface area contributed by atoms with Crippen LogP contribution in [0, 0.1) is 11.3 Å². The van der Waals surface area contributed by atoms with Crippen molar-refractivity contribution in [3.8, 4) is 11.8 Å². The van der Waals surface area contributed by atoms with E-state index >= 15 is 0 Å². The van der Waals surface area contributed by atoms with E-state index in [2.05, 4.69) is 5.32 Å². The molecule has 0 saturated heterocycles. The van der Waals surface area contributed by atoms with Gasteiger partial charge in [-0.25, -0.2) is 0 Å². The number of nitrogens with zero attached hydrogens (tertiary/aromatic N) is 1. The van der Waals surface area contributed by atoms with Crippen LogP contribution < -0.4 is 10.1 Å². The highest BCUT2D eigenvalue weighted by molar-refractivity contribution is 6.35. The van der Waals surface area contributed by atoms with Crippen LogP contribution in [-0.4, -0.2) is 11.9 Å². The van der Waals surface area contributed by atoms with Gasteiger partial charge in [0.2, 0.25) is 0 Å². The van der Waals surface area contributed by atoms with Gasteiger partial charge in [-0.3, -0.25) is 4.79 Å². The Bertz CT molecular complexity index is 944. The number of amides is 1. The molecule has 2 aromatic rings. The van der Waals surface area contributed by atoms with Gasteiger partial charge in [0.05, 0.1) is 0 Å². The SMILES string of the molecule is N#C/C(=C\c1ccccc1OCc1ccc(Cl)cc1Cl)C(=O)NC1CCCCC1. The van der Waals surface area contributed by atoms with Crippen LogP contribution in [0.25, 0.3) is 6.08 Å². The Morgan fingerprint density at radius 2 is 1.93 bits per heavy atom. The maximum Gasteiger partial charge on any atom is 0.262 e. The van der Waals surface area contributed by atoms with Crippen molar-refractivity contribution in [1.29, 1.82) is 5.26 Å². The molecule has 0 aliphatic heterocycles. The van der Waals surface area contributed by atoms with E-state index in [4.69, 9.17) is 27.9 Å². The maximum absolute atomic E-state index is 12.5. The Morgan fingerprint density at radius 1 is 1.17 bits per heavy atom. The summed E-state index contributed by atoms with van der Waals surface area (Å²) in [5.41, 5.74) is 1.52. The van der Waals surface area contributed by atoms with Gasteiger partial charge in [0.1, 0.15) is 24.0 Å². The Kier molecular flexibility index (Phi) is 7.57. The number of hydrogen-bond acceptors (Lipinski definition) is 3. The molecule has 150 valence electrons. The van der Waals surface area contributed by atoms with Crippen LogP contribution in [0.15, 0.2) is 48.0 Å². The zero-order valence-corrected chi connectivity index (χ0v) is 17.5. The predicted molar refractivity (Wildman–Crippen MR) is 116 cm³/mol. The summed E-state index contributed by atoms with van der Waals surface area (Å²) in [7, 11) is 0. The number of para-hydroxylation sites is 1. The fourth-order valence-electron chi connectivity index (χ4n) is 3.34. The summed E-state index contributed by atoms with van der Waals surface area (Å²) in [5, 5.41) is 13.6. The minimum absolute atomic E-state index is 0.0659. The van der Waals surface area contributed by atoms with Crippen LogP contribution in [0.5, 0.6) is 5.75 Å². The van der Waals surface area contributed by atoms with E-state index in [0.29, 0.717) is 21.4 Å². The molecule has 1 aliphatic carbocycles. The van der Waals surface area contributed by atoms with Gasteiger partial charge in [0.15, 0.2) is 0 Å². The number of rotatable bonds is 6. The van der Waals surface area contributed by atoms with Gasteiger partial charge in [-0.2, -0.15) is 5.26 Å². The first-order valence-electron chi connectivity index (χ1n) is 9.65. The summed E-state index contributed by atoms with van der Waals surface area (Å²) >= 11 is 12.1. The number of hydrogen-bond donors (Lipinski definition) is 1. The molecule has 2 aromatic carbocycles. The van der Waals surface area contributed by atoms with E-state index < -0.39 is 0 Å². The van der Waals surface area contributed by atoms with E-state index in [9.17, 15) is 10.1 Å². The van der Waals surface area contributed by atoms with Gasteiger partial charge in [0.25, 0.3) is 5.91 Å². The first kappa shape index (κ1) is 21.2. The molecule has 4 nitrogen and oxygen atoms in total. The number of benzene rings is 2. The van der Waals surface area contributed by atoms with Gasteiger partial charge >= 0.3 is 0 Å². The maximum atomic E-state index is 12.5. The first-order valence-corrected chi connectivity index (χ1v) is 10.4. The molecule has 29 heavy (non-hydrogen) atoms. The van der Waals surface area contributed by atoms with Gasteiger partial charge in [-0.1, -0.05) is 66.7 Å². The Balaban J connectivity index is 1.73. The summed E-state index contributed by atoms with van der Waals surface area (Å²) in [5.74, 6) is 0.228. The number of nitriles is 1. The molecule has 0 bridgehead atoms. The first-order chi connectivity index (χ1) is 14.1. The molecule has 0 unspecified atom stereocenters. The molecule has 0 heterocycles. The van der Waals surface area contributed by atoms with E-state index in [1.165, 1.54) is 6.42 Å². The molecule has 1 N–H and O–H groups in total. The van der Waals surface area contributed by atoms with Crippen LogP contribution >= 0.6 is 23.2 Å². The second-order valence-electron chi connectivity index (χ2n) is 7.04. The lowest BCUT2D eigenvalue weighted by atomic mass is 9.95. The van der Waals surface area contributed by atoms with Crippen LogP contribution in [0.1, 0.15) is 43.2 Å². The fraction of sp³-hybridized carbons (Fsp3) is 0.304. The van der Waals surface area contributed by atoms with Crippen LogP contribution in [0.2, 0.25) is 10.0 Å². The van der Waals surface area contributed by atoms with Crippen molar-refractivity contribution in [2.45, 2.75) is 44.8 Å². The normalized spacial score (nSPS) is 14.9. The number of nitrogens with one attached hydrogen (secondary N) is 1. The molecule has 1 aliphatic rings. The minimum Gasteiger partial charge on any atom is -0.488 e. The quantitative estimate of drug-likeness (QED) is 0.458. The number of carbonyl (C=O) groups excluding carboxylic acids is 1. The molecular formula is C23H22Cl2N2O2. The van der Waals surface area contributed by atoms with Crippen molar-refractivity contribution in [3.05, 3.63) is 69.2 Å². The van der Waals surface area contributed by atoms with Crippen molar-refractivity contribution in [1.82, 2.24) is 5.32 Å². The molecule has 0 atom stereocenters. The van der Waals surface area contributed by atoms with Gasteiger partial charge in [-0.05, 0) is 37.1 Å². The highest BCUT2D eigenvalue weighted by Gasteiger charge is 2.18. The molecule has 0 spiro atoms. The van der Waals surface area contributed by atoms with E-state index in [1.807, 2.05) is 24.3 Å². The standard InChI is InChI=1S/C23H22Cl2N2O2/c24-19-11-10-17(21(25)13-19)15-29-22-9-5-4-6-16(22)12-18(14-26)23(28)27-20-7-2-1-3-8-20/h4-6,9-13,20H,1-3,7-8,15H2,(H,27,28)/b18-12+. The number of ether oxygens (including phenoxy) is 1. The Morgan fingerprint density at radius 3 is 2.66 bits per heavy atom. The zero-order chi connectivity index (χ0) is 20.6. The lowest BCUT2D eigenvalue weighted by Gasteiger charge is -2.22. The highest BCUT2D eigenvalue weighted by Crippen LogP contribution is 2.26. The second-order valence-corrected chi connectivity index (χ2v) is 7.88. The predicted octanol–water partition coefficient (Wildman–Crippen LogP) is 5.93. The lowest BCUT2D eigenvalue weighted by Crippen LogP contribution is -2.36. The Hall–Kier alpha value is -2.48. The highest BCUT2D eigenvalue weighted by atomic mass is 35.5. The van der Waals surface area contributed by atoms with Crippen molar-refractivity contribution in [2.75, 3.05) is 0 Å². The fourth-order valence-corrected chi connectivity index (χ4v) is 3.80. The zero-order valence-electron chi connectivity index (χ0n) is 16.0. The molecule has 1 amide bonds. The largest absolute Gasteiger partial charge is 0.488 e. The topological polar surface area (TPSA) is 62.1 Å². The van der Waals surface area contributed by atoms with E-state index in [0.717, 1.165) is 31.2 Å². The van der Waals surface area contributed by atoms with Crippen molar-refractivity contribution in [2.24, 2.45) is 0 Å². The third kappa shape index (κ3) is 6.00. The summed E-state index contributed by atoms with van der Waals surface area (Å²) in [6, 6.07) is 14.7. The second kappa shape index (κ2) is 10.3. The van der Waals surface area contributed by atoms with E-state index in [-0.39, 0.29) is 24.1 Å². The average molecular weight is 429 g/mol. The molecule has 6 heteroatoms. The summed E-state index contributed by atoms with van der Waals surface area (Å²) in [6.07, 6.45) is 6.92. The van der Waals surface area contributed by atoms with Gasteiger partial charge < -0.3 is 10.1 Å². The number of carbonyl (C=O) groups is 1. The van der Waals surface area contributed by atoms with Crippen LogP contribution in [0.3, 0.4) is 0 Å². The van der Waals surface area contributed by atoms with Crippen molar-refractivity contribution >= 4 is 35.2 Å². The molecule has 0 aromatic heterocycles. The van der Waals surface area contributed by atoms with Crippen molar-refractivity contribution in [3.63, 3.8) is 0 Å². The van der Waals surface area contributed by atoms with Gasteiger partial charge in [0, 0.05) is 27.2 Å². The minimum atomic E-state index is -0.338. The molecule has 0 radical (unpaired) electrons. The molecule has 3 rings (SSSR count). The molecule has 1 fully saturated rings. The average Bonchev–Trinajstić information content (AvgIpc) is 2.72. The lowest BCUT2D eigenvalue weighted by molar-refractivity contribution is -0.117. The summed E-state index contributed by atoms with van der Waals surface area (Å²) in [4.78, 5) is 12.5. The van der Waals surface area contributed by atoms with Crippen molar-refractivity contribution < 1.29 is 9.53 Å². The number of halogens is 2. The van der Waals surface area contributed by atoms with Gasteiger partial charge in [-0.15, -0.1) is 0 Å². The summed E-state index contributed by atoms with van der Waals surface area (Å²) in [6.45, 7) is 0.247. The molecule has 1 saturated carbocycles. The smallest absolute Gasteiger partial charge is 0.262 e. The molecular weight excluding hydrogens is 407 g/mol. The van der Waals surface area contributed by atoms with Crippen LogP contribution in [0.4, 0.5) is 0 Å². The monoisotopic (exact) mass is 428 g/mol. The van der Waals surface area contributed by atoms with Crippen LogP contribution in [-0.2, 0) is 11.4 Å². The van der Waals surface area contributed by atoms with E-state index in [1.54, 1.807) is 30.3 Å².